The van der Waals surface area contributed by atoms with Crippen LogP contribution in [0.15, 0.2) is 21.1 Å². The Balaban J connectivity index is 2.41. The Morgan fingerprint density at radius 1 is 1.42 bits per heavy atom. The van der Waals surface area contributed by atoms with Crippen molar-refractivity contribution in [3.8, 4) is 11.4 Å². The van der Waals surface area contributed by atoms with Crippen molar-refractivity contribution in [2.45, 2.75) is 19.1 Å². The topological polar surface area (TPSA) is 85.2 Å². The lowest BCUT2D eigenvalue weighted by atomic mass is 10.2. The number of aliphatic hydroxyl groups is 1. The van der Waals surface area contributed by atoms with E-state index < -0.39 is 23.8 Å². The number of hydrogen-bond donors (Lipinski definition) is 2. The summed E-state index contributed by atoms with van der Waals surface area (Å²) in [6.07, 6.45) is -0.873. The number of hydrogen-bond acceptors (Lipinski definition) is 5. The summed E-state index contributed by atoms with van der Waals surface area (Å²) in [5.41, 5.74) is 5.86. The molecule has 3 N–H and O–H groups in total. The van der Waals surface area contributed by atoms with Gasteiger partial charge in [0.1, 0.15) is 6.04 Å². The third-order valence-corrected chi connectivity index (χ3v) is 3.30. The molecule has 2 rings (SSSR count). The van der Waals surface area contributed by atoms with Gasteiger partial charge in [0.2, 0.25) is 11.7 Å². The Bertz CT molecular complexity index is 604. The third kappa shape index (κ3) is 2.65. The van der Waals surface area contributed by atoms with Gasteiger partial charge in [-0.25, -0.2) is 8.78 Å². The minimum absolute atomic E-state index is 0.0154. The highest BCUT2D eigenvalue weighted by atomic mass is 79.9. The summed E-state index contributed by atoms with van der Waals surface area (Å²) < 4.78 is 31.2. The Labute approximate surface area is 115 Å². The average Bonchev–Trinajstić information content (AvgIpc) is 2.84. The Morgan fingerprint density at radius 3 is 2.74 bits per heavy atom. The zero-order chi connectivity index (χ0) is 14.2. The number of nitrogens with zero attached hydrogens (tertiary/aromatic N) is 2. The van der Waals surface area contributed by atoms with E-state index in [9.17, 15) is 13.9 Å². The normalized spacial score (nSPS) is 14.4. The molecule has 102 valence electrons. The maximum atomic E-state index is 13.4. The lowest BCUT2D eigenvalue weighted by Crippen LogP contribution is -2.23. The predicted octanol–water partition coefficient (Wildman–Crippen LogP) is 2.16. The minimum atomic E-state index is -1.04. The van der Waals surface area contributed by atoms with Crippen LogP contribution in [0.1, 0.15) is 18.9 Å². The number of rotatable bonds is 3. The van der Waals surface area contributed by atoms with Crippen molar-refractivity contribution < 1.29 is 18.4 Å². The molecule has 0 aliphatic carbocycles. The minimum Gasteiger partial charge on any atom is -0.391 e. The van der Waals surface area contributed by atoms with Gasteiger partial charge in [-0.15, -0.1) is 0 Å². The molecule has 2 aromatic rings. The molecule has 0 saturated heterocycles. The Kier molecular flexibility index (Phi) is 3.93. The fourth-order valence-corrected chi connectivity index (χ4v) is 1.88. The zero-order valence-corrected chi connectivity index (χ0v) is 11.4. The third-order valence-electron chi connectivity index (χ3n) is 2.52. The van der Waals surface area contributed by atoms with Gasteiger partial charge in [-0.3, -0.25) is 0 Å². The van der Waals surface area contributed by atoms with Crippen LogP contribution < -0.4 is 5.73 Å². The van der Waals surface area contributed by atoms with Crippen LogP contribution in [0.2, 0.25) is 0 Å². The van der Waals surface area contributed by atoms with Crippen LogP contribution in [0.4, 0.5) is 8.78 Å². The van der Waals surface area contributed by atoms with Gasteiger partial charge < -0.3 is 15.4 Å². The molecule has 5 nitrogen and oxygen atoms in total. The van der Waals surface area contributed by atoms with E-state index in [1.807, 2.05) is 0 Å². The van der Waals surface area contributed by atoms with E-state index in [2.05, 4.69) is 26.1 Å². The second kappa shape index (κ2) is 5.32. The molecule has 0 amide bonds. The summed E-state index contributed by atoms with van der Waals surface area (Å²) >= 11 is 2.93. The van der Waals surface area contributed by atoms with Crippen molar-refractivity contribution in [2.75, 3.05) is 0 Å². The van der Waals surface area contributed by atoms with Crippen LogP contribution in [0, 0.1) is 11.6 Å². The van der Waals surface area contributed by atoms with Gasteiger partial charge in [-0.2, -0.15) is 4.98 Å². The van der Waals surface area contributed by atoms with Crippen LogP contribution in [0.25, 0.3) is 11.4 Å². The second-order valence-electron chi connectivity index (χ2n) is 3.95. The number of benzene rings is 1. The number of nitrogens with two attached hydrogens (primary N) is 1. The molecule has 8 heteroatoms. The highest BCUT2D eigenvalue weighted by Gasteiger charge is 2.22. The molecular weight excluding hydrogens is 324 g/mol. The second-order valence-corrected chi connectivity index (χ2v) is 4.74. The van der Waals surface area contributed by atoms with Crippen molar-refractivity contribution >= 4 is 15.9 Å². The smallest absolute Gasteiger partial charge is 0.246 e. The number of aliphatic hydroxyl groups excluding tert-OH is 1. The van der Waals surface area contributed by atoms with Crippen molar-refractivity contribution in [1.29, 1.82) is 0 Å². The Hall–Kier alpha value is -1.38. The molecule has 0 aliphatic heterocycles. The molecule has 0 bridgehead atoms. The lowest BCUT2D eigenvalue weighted by Gasteiger charge is -2.08. The molecule has 1 heterocycles. The number of halogens is 3. The molecule has 0 radical (unpaired) electrons. The van der Waals surface area contributed by atoms with Gasteiger partial charge in [0.25, 0.3) is 0 Å². The summed E-state index contributed by atoms with van der Waals surface area (Å²) in [5, 5.41) is 12.9. The average molecular weight is 334 g/mol. The predicted molar refractivity (Wildman–Crippen MR) is 66.0 cm³/mol. The quantitative estimate of drug-likeness (QED) is 0.840. The Morgan fingerprint density at radius 2 is 2.11 bits per heavy atom. The summed E-state index contributed by atoms with van der Waals surface area (Å²) in [5.74, 6) is -1.96. The summed E-state index contributed by atoms with van der Waals surface area (Å²) in [6, 6.07) is 1.43. The van der Waals surface area contributed by atoms with Crippen LogP contribution >= 0.6 is 15.9 Å². The maximum Gasteiger partial charge on any atom is 0.246 e. The molecule has 0 fully saturated rings. The number of aromatic nitrogens is 2. The van der Waals surface area contributed by atoms with E-state index in [-0.39, 0.29) is 21.8 Å². The van der Waals surface area contributed by atoms with Crippen molar-refractivity contribution in [2.24, 2.45) is 5.73 Å². The molecule has 2 atom stereocenters. The van der Waals surface area contributed by atoms with E-state index in [4.69, 9.17) is 10.3 Å². The monoisotopic (exact) mass is 333 g/mol. The van der Waals surface area contributed by atoms with Gasteiger partial charge in [-0.1, -0.05) is 5.16 Å². The first-order valence-electron chi connectivity index (χ1n) is 5.33. The van der Waals surface area contributed by atoms with Gasteiger partial charge in [0, 0.05) is 5.56 Å². The first kappa shape index (κ1) is 14.0. The molecule has 0 aliphatic rings. The first-order valence-corrected chi connectivity index (χ1v) is 6.12. The first-order chi connectivity index (χ1) is 8.91. The zero-order valence-electron chi connectivity index (χ0n) is 9.77. The maximum absolute atomic E-state index is 13.4. The molecule has 0 saturated carbocycles. The highest BCUT2D eigenvalue weighted by Crippen LogP contribution is 2.30. The van der Waals surface area contributed by atoms with Crippen molar-refractivity contribution in [3.63, 3.8) is 0 Å². The van der Waals surface area contributed by atoms with Gasteiger partial charge in [-0.05, 0) is 35.0 Å². The molecule has 19 heavy (non-hydrogen) atoms. The van der Waals surface area contributed by atoms with Gasteiger partial charge in [0.15, 0.2) is 11.6 Å². The summed E-state index contributed by atoms with van der Waals surface area (Å²) in [7, 11) is 0. The fraction of sp³-hybridized carbons (Fsp3) is 0.273. The van der Waals surface area contributed by atoms with E-state index in [1.54, 1.807) is 0 Å². The fourth-order valence-electron chi connectivity index (χ4n) is 1.38. The van der Waals surface area contributed by atoms with Gasteiger partial charge >= 0.3 is 0 Å². The van der Waals surface area contributed by atoms with E-state index in [0.717, 1.165) is 6.07 Å². The van der Waals surface area contributed by atoms with E-state index in [0.29, 0.717) is 0 Å². The molecule has 1 aromatic carbocycles. The summed E-state index contributed by atoms with van der Waals surface area (Å²) in [4.78, 5) is 3.95. The molecule has 0 spiro atoms. The van der Waals surface area contributed by atoms with E-state index in [1.165, 1.54) is 13.0 Å². The molecule has 1 aromatic heterocycles. The lowest BCUT2D eigenvalue weighted by molar-refractivity contribution is 0.146. The van der Waals surface area contributed by atoms with Crippen LogP contribution in [0.3, 0.4) is 0 Å². The van der Waals surface area contributed by atoms with Gasteiger partial charge in [0.05, 0.1) is 10.6 Å². The van der Waals surface area contributed by atoms with E-state index >= 15 is 0 Å². The highest BCUT2D eigenvalue weighted by molar-refractivity contribution is 9.10. The standard InChI is InChI=1S/C11H10BrF2N3O2/c1-4(18)9(15)11-16-10(17-19-11)5-2-3-6(13)8(14)7(5)12/h2-4,9,18H,15H2,1H3. The summed E-state index contributed by atoms with van der Waals surface area (Å²) in [6.45, 7) is 1.47. The molecular formula is C11H10BrF2N3O2. The van der Waals surface area contributed by atoms with Crippen molar-refractivity contribution in [1.82, 2.24) is 10.1 Å². The van der Waals surface area contributed by atoms with Crippen molar-refractivity contribution in [3.05, 3.63) is 34.1 Å². The largest absolute Gasteiger partial charge is 0.391 e. The van der Waals surface area contributed by atoms with Crippen LogP contribution in [0.5, 0.6) is 0 Å². The SMILES string of the molecule is CC(O)C(N)c1nc(-c2ccc(F)c(F)c2Br)no1. The molecule has 2 unspecified atom stereocenters. The van der Waals surface area contributed by atoms with Crippen LogP contribution in [-0.4, -0.2) is 21.4 Å². The van der Waals surface area contributed by atoms with Crippen LogP contribution in [-0.2, 0) is 0 Å².